The fourth-order valence-corrected chi connectivity index (χ4v) is 2.69. The van der Waals surface area contributed by atoms with Crippen LogP contribution in [0.5, 0.6) is 0 Å². The summed E-state index contributed by atoms with van der Waals surface area (Å²) in [6, 6.07) is 5.90. The number of hydrogen-bond acceptors (Lipinski definition) is 3. The van der Waals surface area contributed by atoms with Crippen LogP contribution in [0.25, 0.3) is 11.2 Å². The summed E-state index contributed by atoms with van der Waals surface area (Å²) < 4.78 is 8.62. The molecule has 0 amide bonds. The molecule has 3 aromatic heterocycles. The van der Waals surface area contributed by atoms with Crippen LogP contribution in [0, 0.1) is 6.92 Å². The Kier molecular flexibility index (Phi) is 3.81. The SMILES string of the molecule is Cc1ccc(Cn2c(CCCl)nc3cc(Br)cnc32)o1. The monoisotopic (exact) mass is 353 g/mol. The van der Waals surface area contributed by atoms with Gasteiger partial charge in [-0.25, -0.2) is 9.97 Å². The first-order valence-corrected chi connectivity index (χ1v) is 7.62. The van der Waals surface area contributed by atoms with Gasteiger partial charge in [-0.1, -0.05) is 0 Å². The number of rotatable bonds is 4. The number of aromatic nitrogens is 3. The van der Waals surface area contributed by atoms with Gasteiger partial charge in [-0.05, 0) is 41.1 Å². The predicted octanol–water partition coefficient (Wildman–Crippen LogP) is 3.92. The van der Waals surface area contributed by atoms with E-state index in [1.54, 1.807) is 6.20 Å². The number of hydrogen-bond donors (Lipinski definition) is 0. The molecule has 0 N–H and O–H groups in total. The molecule has 104 valence electrons. The van der Waals surface area contributed by atoms with Crippen molar-refractivity contribution in [2.24, 2.45) is 0 Å². The standard InChI is InChI=1S/C14H13BrClN3O/c1-9-2-3-11(20-9)8-19-13(4-5-16)18-12-6-10(15)7-17-14(12)19/h2-3,6-7H,4-5,8H2,1H3. The molecular formula is C14H13BrClN3O. The van der Waals surface area contributed by atoms with Crippen LogP contribution in [-0.4, -0.2) is 20.4 Å². The molecule has 20 heavy (non-hydrogen) atoms. The van der Waals surface area contributed by atoms with Gasteiger partial charge in [-0.2, -0.15) is 0 Å². The van der Waals surface area contributed by atoms with Crippen LogP contribution in [0.4, 0.5) is 0 Å². The summed E-state index contributed by atoms with van der Waals surface area (Å²) in [7, 11) is 0. The van der Waals surface area contributed by atoms with E-state index < -0.39 is 0 Å². The molecule has 0 spiro atoms. The van der Waals surface area contributed by atoms with Gasteiger partial charge < -0.3 is 8.98 Å². The Morgan fingerprint density at radius 2 is 2.25 bits per heavy atom. The van der Waals surface area contributed by atoms with Gasteiger partial charge in [0.25, 0.3) is 0 Å². The van der Waals surface area contributed by atoms with Gasteiger partial charge in [0.05, 0.1) is 6.54 Å². The largest absolute Gasteiger partial charge is 0.464 e. The maximum atomic E-state index is 5.87. The van der Waals surface area contributed by atoms with E-state index in [0.717, 1.165) is 33.0 Å². The molecule has 0 aliphatic carbocycles. The second-order valence-corrected chi connectivity index (χ2v) is 5.86. The van der Waals surface area contributed by atoms with E-state index in [9.17, 15) is 0 Å². The van der Waals surface area contributed by atoms with E-state index >= 15 is 0 Å². The first-order chi connectivity index (χ1) is 9.67. The Balaban J connectivity index is 2.08. The first-order valence-electron chi connectivity index (χ1n) is 6.29. The van der Waals surface area contributed by atoms with Gasteiger partial charge in [-0.3, -0.25) is 0 Å². The lowest BCUT2D eigenvalue weighted by Gasteiger charge is -2.05. The molecule has 0 aromatic carbocycles. The predicted molar refractivity (Wildman–Crippen MR) is 82.2 cm³/mol. The van der Waals surface area contributed by atoms with E-state index in [1.165, 1.54) is 0 Å². The number of alkyl halides is 1. The van der Waals surface area contributed by atoms with Crippen molar-refractivity contribution >= 4 is 38.7 Å². The molecular weight excluding hydrogens is 342 g/mol. The summed E-state index contributed by atoms with van der Waals surface area (Å²) in [5, 5.41) is 0. The summed E-state index contributed by atoms with van der Waals surface area (Å²) >= 11 is 9.29. The van der Waals surface area contributed by atoms with Gasteiger partial charge >= 0.3 is 0 Å². The maximum absolute atomic E-state index is 5.87. The van der Waals surface area contributed by atoms with Crippen LogP contribution in [0.15, 0.2) is 33.3 Å². The second-order valence-electron chi connectivity index (χ2n) is 4.56. The van der Waals surface area contributed by atoms with Crippen molar-refractivity contribution in [2.45, 2.75) is 19.9 Å². The lowest BCUT2D eigenvalue weighted by atomic mass is 10.4. The van der Waals surface area contributed by atoms with Crippen LogP contribution in [-0.2, 0) is 13.0 Å². The summed E-state index contributed by atoms with van der Waals surface area (Å²) in [6.45, 7) is 2.55. The van der Waals surface area contributed by atoms with Crippen molar-refractivity contribution in [3.63, 3.8) is 0 Å². The Morgan fingerprint density at radius 1 is 1.40 bits per heavy atom. The Bertz CT molecular complexity index is 750. The smallest absolute Gasteiger partial charge is 0.160 e. The lowest BCUT2D eigenvalue weighted by Crippen LogP contribution is -2.06. The van der Waals surface area contributed by atoms with Crippen LogP contribution >= 0.6 is 27.5 Å². The number of imidazole rings is 1. The summed E-state index contributed by atoms with van der Waals surface area (Å²) in [4.78, 5) is 9.07. The van der Waals surface area contributed by atoms with Crippen molar-refractivity contribution in [3.8, 4) is 0 Å². The zero-order chi connectivity index (χ0) is 14.1. The molecule has 3 heterocycles. The average Bonchev–Trinajstić information content (AvgIpc) is 2.95. The number of fused-ring (bicyclic) bond motifs is 1. The minimum Gasteiger partial charge on any atom is -0.464 e. The molecule has 0 saturated carbocycles. The third-order valence-corrected chi connectivity index (χ3v) is 3.68. The summed E-state index contributed by atoms with van der Waals surface area (Å²) in [6.07, 6.45) is 2.48. The quantitative estimate of drug-likeness (QED) is 0.667. The molecule has 0 aliphatic rings. The highest BCUT2D eigenvalue weighted by atomic mass is 79.9. The van der Waals surface area contributed by atoms with Crippen molar-refractivity contribution in [3.05, 3.63) is 46.2 Å². The Morgan fingerprint density at radius 3 is 2.95 bits per heavy atom. The van der Waals surface area contributed by atoms with E-state index in [4.69, 9.17) is 16.0 Å². The molecule has 4 nitrogen and oxygen atoms in total. The van der Waals surface area contributed by atoms with Crippen molar-refractivity contribution in [1.29, 1.82) is 0 Å². The Hall–Kier alpha value is -1.33. The number of furan rings is 1. The molecule has 0 saturated heterocycles. The average molecular weight is 355 g/mol. The molecule has 0 unspecified atom stereocenters. The number of aryl methyl sites for hydroxylation is 2. The van der Waals surface area contributed by atoms with Crippen molar-refractivity contribution in [2.75, 3.05) is 5.88 Å². The molecule has 0 atom stereocenters. The van der Waals surface area contributed by atoms with Gasteiger partial charge in [0.15, 0.2) is 5.65 Å². The first kappa shape index (κ1) is 13.6. The van der Waals surface area contributed by atoms with Crippen molar-refractivity contribution in [1.82, 2.24) is 14.5 Å². The number of halogens is 2. The minimum absolute atomic E-state index is 0.529. The van der Waals surface area contributed by atoms with Crippen molar-refractivity contribution < 1.29 is 4.42 Å². The zero-order valence-corrected chi connectivity index (χ0v) is 13.3. The van der Waals surface area contributed by atoms with E-state index in [0.29, 0.717) is 18.8 Å². The number of pyridine rings is 1. The third-order valence-electron chi connectivity index (χ3n) is 3.06. The fraction of sp³-hybridized carbons (Fsp3) is 0.286. The Labute approximate surface area is 129 Å². The highest BCUT2D eigenvalue weighted by Crippen LogP contribution is 2.21. The molecule has 0 fully saturated rings. The normalized spacial score (nSPS) is 11.3. The van der Waals surface area contributed by atoms with Crippen LogP contribution in [0.3, 0.4) is 0 Å². The highest BCUT2D eigenvalue weighted by molar-refractivity contribution is 9.10. The van der Waals surface area contributed by atoms with Crippen LogP contribution in [0.2, 0.25) is 0 Å². The van der Waals surface area contributed by atoms with Gasteiger partial charge in [0, 0.05) is 23.0 Å². The highest BCUT2D eigenvalue weighted by Gasteiger charge is 2.13. The molecule has 6 heteroatoms. The number of nitrogens with zero attached hydrogens (tertiary/aromatic N) is 3. The van der Waals surface area contributed by atoms with Gasteiger partial charge in [0.1, 0.15) is 22.9 Å². The van der Waals surface area contributed by atoms with E-state index in [-0.39, 0.29) is 0 Å². The van der Waals surface area contributed by atoms with E-state index in [1.807, 2.05) is 25.1 Å². The topological polar surface area (TPSA) is 43.9 Å². The third kappa shape index (κ3) is 2.60. The molecule has 0 bridgehead atoms. The van der Waals surface area contributed by atoms with Crippen LogP contribution in [0.1, 0.15) is 17.3 Å². The van der Waals surface area contributed by atoms with Gasteiger partial charge in [-0.15, -0.1) is 11.6 Å². The summed E-state index contributed by atoms with van der Waals surface area (Å²) in [5.41, 5.74) is 1.71. The fourth-order valence-electron chi connectivity index (χ4n) is 2.20. The molecule has 0 aliphatic heterocycles. The van der Waals surface area contributed by atoms with Gasteiger partial charge in [0.2, 0.25) is 0 Å². The van der Waals surface area contributed by atoms with E-state index in [2.05, 4.69) is 30.5 Å². The molecule has 3 rings (SSSR count). The molecule has 3 aromatic rings. The second kappa shape index (κ2) is 5.58. The maximum Gasteiger partial charge on any atom is 0.160 e. The zero-order valence-electron chi connectivity index (χ0n) is 10.9. The summed E-state index contributed by atoms with van der Waals surface area (Å²) in [5.74, 6) is 3.25. The molecule has 0 radical (unpaired) electrons. The van der Waals surface area contributed by atoms with Crippen LogP contribution < -0.4 is 0 Å². The minimum atomic E-state index is 0.529. The lowest BCUT2D eigenvalue weighted by molar-refractivity contribution is 0.468.